The summed E-state index contributed by atoms with van der Waals surface area (Å²) in [5.74, 6) is 1.60. The molecule has 648 valence electrons. The molecule has 12 aromatic heterocycles. The lowest BCUT2D eigenvalue weighted by molar-refractivity contribution is 0.611. The van der Waals surface area contributed by atoms with Crippen molar-refractivity contribution in [2.75, 3.05) is 21.3 Å². The number of nitrogens with zero attached hydrogens (tertiary/aromatic N) is 16. The van der Waals surface area contributed by atoms with Crippen LogP contribution in [0.2, 0.25) is 5.02 Å². The number of hydrogen-bond acceptors (Lipinski definition) is 20. The van der Waals surface area contributed by atoms with Crippen LogP contribution in [0.5, 0.6) is 0 Å². The summed E-state index contributed by atoms with van der Waals surface area (Å²) >= 11 is 6.38. The molecule has 0 aliphatic carbocycles. The Labute approximate surface area is 762 Å². The van der Waals surface area contributed by atoms with Gasteiger partial charge in [0.1, 0.15) is 59.0 Å². The average Bonchev–Trinajstić information content (AvgIpc) is 1.15. The minimum absolute atomic E-state index is 0. The summed E-state index contributed by atoms with van der Waals surface area (Å²) in [5.41, 5.74) is 12.6. The van der Waals surface area contributed by atoms with Gasteiger partial charge in [0.05, 0.1) is 81.7 Å². The standard InChI is InChI=1S/C24H21FN6O.C24H22N6O.C23H19FN6O.C22H17ClN6O.4H2S/c1-3-18(30-23-21-22(27-12-26-21)28-13-29-23)19-11-15-6-4-5-14(2)20(15)24(32)31(19)17-9-7-16(25)8-10-17;1-3-18(29-23-21-22(26-13-25-21)27-14-28-23)19-12-16-9-7-8-15(2)20(16)24(31)30(19)17-10-5-4-6-11-17;1-13-6-5-7-15-10-18(14(2)29-22-20-21(26-11-25-20)27-12-28-22)30(23(31)19(13)15)17-9-4-3-8-16(17)24;1-13(28-21-19-20(25-11-24-19)26-12-27-21)17-10-14-6-5-9-16(23)18(14)22(30)29(17)15-7-3-2-4-8-15;;;;/h4-13,18H,3H2,1-2H3,(H2,26,27,28,29,30);4-14,18H,3H2,1-2H3,(H2,25,26,27,28,29);3-12,14H,1-2H3,(H2,25,26,27,28,29);2-13H,1H3,(H2,24,25,26,27,28);4*1H2/t2*18-;14-;13-;;;;/m0000..../s1. The Balaban J connectivity index is 0.000000144. The Kier molecular flexibility index (Phi) is 28.4. The molecule has 35 heteroatoms. The van der Waals surface area contributed by atoms with Crippen molar-refractivity contribution in [2.24, 2.45) is 0 Å². The van der Waals surface area contributed by atoms with Gasteiger partial charge in [-0.2, -0.15) is 54.0 Å². The highest BCUT2D eigenvalue weighted by atomic mass is 35.5. The second kappa shape index (κ2) is 39.8. The first-order valence-electron chi connectivity index (χ1n) is 40.0. The van der Waals surface area contributed by atoms with Crippen LogP contribution >= 0.6 is 65.6 Å². The Hall–Kier alpha value is -14.5. The number of pyridine rings is 4. The maximum Gasteiger partial charge on any atom is 0.264 e. The number of aromatic nitrogens is 20. The lowest BCUT2D eigenvalue weighted by Crippen LogP contribution is -2.27. The molecule has 0 amide bonds. The number of aryl methyl sites for hydroxylation is 3. The van der Waals surface area contributed by atoms with Crippen LogP contribution in [-0.4, -0.2) is 98.0 Å². The summed E-state index contributed by atoms with van der Waals surface area (Å²) in [4.78, 5) is 118. The van der Waals surface area contributed by atoms with E-state index in [1.54, 1.807) is 70.8 Å². The fraction of sp³-hybridized carbons (Fsp3) is 0.140. The van der Waals surface area contributed by atoms with Crippen LogP contribution < -0.4 is 43.5 Å². The molecule has 4 atom stereocenters. The lowest BCUT2D eigenvalue weighted by atomic mass is 10.0. The van der Waals surface area contributed by atoms with E-state index in [1.165, 1.54) is 48.1 Å². The number of hydrogen-bond donors (Lipinski definition) is 8. The molecule has 20 aromatic rings. The highest BCUT2D eigenvalue weighted by Crippen LogP contribution is 2.35. The van der Waals surface area contributed by atoms with Gasteiger partial charge in [0.2, 0.25) is 0 Å². The summed E-state index contributed by atoms with van der Waals surface area (Å²) < 4.78 is 35.0. The number of halogens is 3. The molecule has 0 aliphatic heterocycles. The highest BCUT2D eigenvalue weighted by molar-refractivity contribution is 7.59. The van der Waals surface area contributed by atoms with E-state index in [4.69, 9.17) is 11.6 Å². The SMILES string of the molecule is CC[C@H](Nc1ncnc2nc[nH]c12)c1cc2cccc(C)c2c(=O)n1-c1ccc(F)cc1.CC[C@H](Nc1ncnc2nc[nH]c12)c1cc2cccc(C)c2c(=O)n1-c1ccccc1.C[C@H](Nc1ncnc2nc[nH]c12)c1cc2cccc(Cl)c2c(=O)n1-c1ccccc1.Cc1cccc2cc([C@H](C)Nc3ncnc4nc[nH]c34)n(-c3ccccc3F)c(=O)c12.S.S.S.S. The minimum atomic E-state index is -0.469. The number of nitrogens with one attached hydrogen (secondary N) is 8. The highest BCUT2D eigenvalue weighted by Gasteiger charge is 2.27. The van der Waals surface area contributed by atoms with Gasteiger partial charge in [0.25, 0.3) is 22.2 Å². The number of benzene rings is 8. The van der Waals surface area contributed by atoms with E-state index < -0.39 is 5.82 Å². The minimum Gasteiger partial charge on any atom is -0.360 e. The molecule has 8 aromatic carbocycles. The Bertz CT molecular complexity index is 7670. The maximum atomic E-state index is 14.8. The molecule has 20 rings (SSSR count). The van der Waals surface area contributed by atoms with Crippen molar-refractivity contribution in [3.8, 4) is 22.7 Å². The van der Waals surface area contributed by atoms with Crippen molar-refractivity contribution < 1.29 is 8.78 Å². The monoisotopic (exact) mass is 1800 g/mol. The zero-order valence-electron chi connectivity index (χ0n) is 69.9. The molecule has 0 fully saturated rings. The molecular formula is C93H87ClF2N24O4S4. The van der Waals surface area contributed by atoms with Crippen LogP contribution in [0.25, 0.3) is 110 Å². The van der Waals surface area contributed by atoms with Crippen molar-refractivity contribution >= 4 is 177 Å². The zero-order valence-corrected chi connectivity index (χ0v) is 74.7. The molecular weight excluding hydrogens is 1720 g/mol. The van der Waals surface area contributed by atoms with Crippen LogP contribution in [0.3, 0.4) is 0 Å². The van der Waals surface area contributed by atoms with Crippen molar-refractivity contribution in [3.63, 3.8) is 0 Å². The first-order chi connectivity index (χ1) is 60.4. The zero-order chi connectivity index (χ0) is 85.8. The Morgan fingerprint density at radius 3 is 1.04 bits per heavy atom. The van der Waals surface area contributed by atoms with Crippen molar-refractivity contribution in [3.05, 3.63) is 354 Å². The second-order valence-corrected chi connectivity index (χ2v) is 29.9. The van der Waals surface area contributed by atoms with Crippen LogP contribution in [0.1, 0.15) is 104 Å². The number of H-pyrrole nitrogens is 4. The molecule has 12 heterocycles. The van der Waals surface area contributed by atoms with E-state index >= 15 is 0 Å². The first kappa shape index (κ1) is 91.3. The third-order valence-electron chi connectivity index (χ3n) is 21.7. The number of imidazole rings is 4. The molecule has 0 spiro atoms. The van der Waals surface area contributed by atoms with Crippen molar-refractivity contribution in [1.82, 2.24) is 98.0 Å². The number of rotatable bonds is 18. The van der Waals surface area contributed by atoms with Crippen molar-refractivity contribution in [1.29, 1.82) is 0 Å². The normalized spacial score (nSPS) is 12.0. The van der Waals surface area contributed by atoms with E-state index in [0.29, 0.717) is 101 Å². The molecule has 0 radical (unpaired) electrons. The van der Waals surface area contributed by atoms with Gasteiger partial charge >= 0.3 is 0 Å². The number of aromatic amines is 4. The lowest BCUT2D eigenvalue weighted by Gasteiger charge is -2.24. The van der Waals surface area contributed by atoms with Gasteiger partial charge in [-0.05, 0) is 177 Å². The largest absolute Gasteiger partial charge is 0.360 e. The van der Waals surface area contributed by atoms with Gasteiger partial charge in [0.15, 0.2) is 45.9 Å². The van der Waals surface area contributed by atoms with Crippen LogP contribution in [-0.2, 0) is 0 Å². The molecule has 128 heavy (non-hydrogen) atoms. The third-order valence-corrected chi connectivity index (χ3v) is 22.0. The predicted octanol–water partition coefficient (Wildman–Crippen LogP) is 18.4. The van der Waals surface area contributed by atoms with Crippen LogP contribution in [0.4, 0.5) is 32.1 Å². The van der Waals surface area contributed by atoms with Gasteiger partial charge in [-0.3, -0.25) is 37.4 Å². The quantitative estimate of drug-likeness (QED) is 0.0395. The first-order valence-corrected chi connectivity index (χ1v) is 40.3. The molecule has 28 nitrogen and oxygen atoms in total. The summed E-state index contributed by atoms with van der Waals surface area (Å²) in [6, 6.07) is 61.4. The van der Waals surface area contributed by atoms with Crippen molar-refractivity contribution in [2.45, 2.75) is 85.5 Å². The second-order valence-electron chi connectivity index (χ2n) is 29.5. The summed E-state index contributed by atoms with van der Waals surface area (Å²) in [5, 5.41) is 19.9. The van der Waals surface area contributed by atoms with Gasteiger partial charge in [-0.1, -0.05) is 141 Å². The fourth-order valence-corrected chi connectivity index (χ4v) is 16.0. The van der Waals surface area contributed by atoms with Gasteiger partial charge in [0, 0.05) is 39.8 Å². The number of anilines is 4. The molecule has 0 unspecified atom stereocenters. The smallest absolute Gasteiger partial charge is 0.264 e. The van der Waals surface area contributed by atoms with Gasteiger partial charge in [-0.15, -0.1) is 0 Å². The fourth-order valence-electron chi connectivity index (χ4n) is 15.7. The van der Waals surface area contributed by atoms with Gasteiger partial charge in [-0.25, -0.2) is 68.6 Å². The third kappa shape index (κ3) is 18.1. The number of fused-ring (bicyclic) bond motifs is 8. The molecule has 0 bridgehead atoms. The van der Waals surface area contributed by atoms with E-state index in [0.717, 1.165) is 84.0 Å². The summed E-state index contributed by atoms with van der Waals surface area (Å²) in [7, 11) is 0. The van der Waals surface area contributed by atoms with E-state index in [1.807, 2.05) is 192 Å². The average molecular weight is 1810 g/mol. The van der Waals surface area contributed by atoms with Crippen LogP contribution in [0, 0.1) is 32.4 Å². The molecule has 8 N–H and O–H groups in total. The van der Waals surface area contributed by atoms with Gasteiger partial charge < -0.3 is 41.2 Å². The van der Waals surface area contributed by atoms with E-state index in [-0.39, 0.29) is 112 Å². The summed E-state index contributed by atoms with van der Waals surface area (Å²) in [6.45, 7) is 13.8. The predicted molar refractivity (Wildman–Crippen MR) is 523 cm³/mol. The van der Waals surface area contributed by atoms with E-state index in [2.05, 4.69) is 114 Å². The summed E-state index contributed by atoms with van der Waals surface area (Å²) in [6.07, 6.45) is 13.6. The Morgan fingerprint density at radius 1 is 0.344 bits per heavy atom. The molecule has 0 aliphatic rings. The van der Waals surface area contributed by atoms with E-state index in [9.17, 15) is 28.0 Å². The molecule has 0 saturated heterocycles. The van der Waals surface area contributed by atoms with Crippen LogP contribution in [0.15, 0.2) is 276 Å². The number of para-hydroxylation sites is 3. The Morgan fingerprint density at radius 2 is 0.656 bits per heavy atom. The topological polar surface area (TPSA) is 354 Å². The molecule has 0 saturated carbocycles. The maximum absolute atomic E-state index is 14.8.